The third-order valence-electron chi connectivity index (χ3n) is 3.25. The second-order valence-corrected chi connectivity index (χ2v) is 4.82. The number of carbonyl (C=O) groups is 1. The third-order valence-corrected chi connectivity index (χ3v) is 3.25. The van der Waals surface area contributed by atoms with Crippen LogP contribution in [0, 0.1) is 0 Å². The van der Waals surface area contributed by atoms with Crippen LogP contribution < -0.4 is 5.32 Å². The first-order valence-electron chi connectivity index (χ1n) is 6.53. The second-order valence-electron chi connectivity index (χ2n) is 4.82. The number of hydrogen-bond donors (Lipinski definition) is 1. The summed E-state index contributed by atoms with van der Waals surface area (Å²) in [7, 11) is 1.83. The standard InChI is InChI=1S/C12H21N5O/c1-10(12(18)17-6-4-3-5-7-17)13-8-11-14-9-16(2)15-11/h9-10,13H,3-8H2,1-2H3. The second kappa shape index (κ2) is 5.95. The molecule has 1 fully saturated rings. The highest BCUT2D eigenvalue weighted by molar-refractivity contribution is 5.81. The van der Waals surface area contributed by atoms with E-state index < -0.39 is 0 Å². The summed E-state index contributed by atoms with van der Waals surface area (Å²) in [5.41, 5.74) is 0. The van der Waals surface area contributed by atoms with Crippen molar-refractivity contribution in [2.45, 2.75) is 38.8 Å². The van der Waals surface area contributed by atoms with E-state index in [1.807, 2.05) is 18.9 Å². The lowest BCUT2D eigenvalue weighted by molar-refractivity contribution is -0.133. The zero-order valence-corrected chi connectivity index (χ0v) is 11.1. The van der Waals surface area contributed by atoms with Gasteiger partial charge in [-0.1, -0.05) is 0 Å². The molecule has 1 aliphatic heterocycles. The highest BCUT2D eigenvalue weighted by Crippen LogP contribution is 2.10. The lowest BCUT2D eigenvalue weighted by atomic mass is 10.1. The summed E-state index contributed by atoms with van der Waals surface area (Å²) in [4.78, 5) is 18.2. The highest BCUT2D eigenvalue weighted by Gasteiger charge is 2.21. The molecule has 1 unspecified atom stereocenters. The lowest BCUT2D eigenvalue weighted by Crippen LogP contribution is -2.46. The molecular formula is C12H21N5O. The minimum atomic E-state index is -0.174. The van der Waals surface area contributed by atoms with Crippen molar-refractivity contribution in [2.75, 3.05) is 13.1 Å². The van der Waals surface area contributed by atoms with Gasteiger partial charge in [0.15, 0.2) is 5.82 Å². The van der Waals surface area contributed by atoms with E-state index in [1.54, 1.807) is 11.0 Å². The fourth-order valence-corrected chi connectivity index (χ4v) is 2.18. The Hall–Kier alpha value is -1.43. The summed E-state index contributed by atoms with van der Waals surface area (Å²) >= 11 is 0. The summed E-state index contributed by atoms with van der Waals surface area (Å²) in [5, 5.41) is 7.35. The van der Waals surface area contributed by atoms with E-state index in [1.165, 1.54) is 6.42 Å². The van der Waals surface area contributed by atoms with E-state index in [0.29, 0.717) is 6.54 Å². The molecule has 1 N–H and O–H groups in total. The van der Waals surface area contributed by atoms with Crippen LogP contribution in [0.5, 0.6) is 0 Å². The molecule has 1 atom stereocenters. The molecule has 2 rings (SSSR count). The zero-order chi connectivity index (χ0) is 13.0. The van der Waals surface area contributed by atoms with Crippen LogP contribution >= 0.6 is 0 Å². The molecule has 1 aromatic rings. The van der Waals surface area contributed by atoms with Crippen LogP contribution in [0.3, 0.4) is 0 Å². The van der Waals surface area contributed by atoms with Crippen molar-refractivity contribution in [1.29, 1.82) is 0 Å². The summed E-state index contributed by atoms with van der Waals surface area (Å²) in [6.07, 6.45) is 5.15. The highest BCUT2D eigenvalue weighted by atomic mass is 16.2. The van der Waals surface area contributed by atoms with Crippen LogP contribution in [-0.2, 0) is 18.4 Å². The fraction of sp³-hybridized carbons (Fsp3) is 0.750. The Balaban J connectivity index is 1.79. The molecule has 0 saturated carbocycles. The molecule has 6 nitrogen and oxygen atoms in total. The van der Waals surface area contributed by atoms with Gasteiger partial charge in [0, 0.05) is 20.1 Å². The maximum Gasteiger partial charge on any atom is 0.239 e. The first kappa shape index (κ1) is 13.0. The minimum absolute atomic E-state index is 0.174. The van der Waals surface area contributed by atoms with Crippen molar-refractivity contribution >= 4 is 5.91 Å². The van der Waals surface area contributed by atoms with Crippen molar-refractivity contribution < 1.29 is 4.79 Å². The van der Waals surface area contributed by atoms with Crippen LogP contribution in [0.4, 0.5) is 0 Å². The summed E-state index contributed by atoms with van der Waals surface area (Å²) in [6, 6.07) is -0.174. The predicted octanol–water partition coefficient (Wildman–Crippen LogP) is 0.306. The van der Waals surface area contributed by atoms with Gasteiger partial charge in [-0.3, -0.25) is 14.8 Å². The number of piperidine rings is 1. The number of nitrogens with zero attached hydrogens (tertiary/aromatic N) is 4. The Morgan fingerprint density at radius 3 is 2.78 bits per heavy atom. The Morgan fingerprint density at radius 2 is 2.17 bits per heavy atom. The molecule has 2 heterocycles. The number of aryl methyl sites for hydroxylation is 1. The van der Waals surface area contributed by atoms with Gasteiger partial charge in [-0.25, -0.2) is 4.98 Å². The van der Waals surface area contributed by atoms with Gasteiger partial charge in [0.1, 0.15) is 6.33 Å². The Kier molecular flexibility index (Phi) is 4.30. The molecule has 0 spiro atoms. The van der Waals surface area contributed by atoms with Crippen LogP contribution in [0.2, 0.25) is 0 Å². The van der Waals surface area contributed by atoms with Gasteiger partial charge in [0.25, 0.3) is 0 Å². The van der Waals surface area contributed by atoms with Crippen molar-refractivity contribution in [3.05, 3.63) is 12.2 Å². The largest absolute Gasteiger partial charge is 0.341 e. The molecule has 0 radical (unpaired) electrons. The van der Waals surface area contributed by atoms with Gasteiger partial charge in [-0.15, -0.1) is 0 Å². The van der Waals surface area contributed by atoms with Gasteiger partial charge in [-0.2, -0.15) is 5.10 Å². The number of amides is 1. The first-order chi connectivity index (χ1) is 8.66. The van der Waals surface area contributed by atoms with Crippen LogP contribution in [0.25, 0.3) is 0 Å². The quantitative estimate of drug-likeness (QED) is 0.836. The first-order valence-corrected chi connectivity index (χ1v) is 6.53. The molecule has 18 heavy (non-hydrogen) atoms. The molecule has 0 aliphatic carbocycles. The molecule has 100 valence electrons. The molecular weight excluding hydrogens is 230 g/mol. The van der Waals surface area contributed by atoms with E-state index >= 15 is 0 Å². The number of nitrogens with one attached hydrogen (secondary N) is 1. The number of hydrogen-bond acceptors (Lipinski definition) is 4. The monoisotopic (exact) mass is 251 g/mol. The van der Waals surface area contributed by atoms with Crippen LogP contribution in [0.15, 0.2) is 6.33 Å². The smallest absolute Gasteiger partial charge is 0.239 e. The SMILES string of the molecule is CC(NCc1ncn(C)n1)C(=O)N1CCCCC1. The Bertz CT molecular complexity index is 397. The zero-order valence-electron chi connectivity index (χ0n) is 11.1. The van der Waals surface area contributed by atoms with Gasteiger partial charge >= 0.3 is 0 Å². The number of carbonyl (C=O) groups excluding carboxylic acids is 1. The average molecular weight is 251 g/mol. The lowest BCUT2D eigenvalue weighted by Gasteiger charge is -2.29. The van der Waals surface area contributed by atoms with Gasteiger partial charge < -0.3 is 4.90 Å². The molecule has 0 aromatic carbocycles. The van der Waals surface area contributed by atoms with E-state index in [0.717, 1.165) is 31.8 Å². The van der Waals surface area contributed by atoms with Gasteiger partial charge in [0.2, 0.25) is 5.91 Å². The molecule has 0 bridgehead atoms. The van der Waals surface area contributed by atoms with Crippen molar-refractivity contribution in [2.24, 2.45) is 7.05 Å². The fourth-order valence-electron chi connectivity index (χ4n) is 2.18. The number of aromatic nitrogens is 3. The minimum Gasteiger partial charge on any atom is -0.341 e. The van der Waals surface area contributed by atoms with E-state index in [2.05, 4.69) is 15.4 Å². The summed E-state index contributed by atoms with van der Waals surface area (Å²) < 4.78 is 1.66. The summed E-state index contributed by atoms with van der Waals surface area (Å²) in [5.74, 6) is 0.904. The third kappa shape index (κ3) is 3.29. The molecule has 1 saturated heterocycles. The molecule has 1 amide bonds. The summed E-state index contributed by atoms with van der Waals surface area (Å²) in [6.45, 7) is 4.22. The molecule has 1 aliphatic rings. The van der Waals surface area contributed by atoms with Gasteiger partial charge in [-0.05, 0) is 26.2 Å². The number of rotatable bonds is 4. The van der Waals surface area contributed by atoms with Crippen LogP contribution in [-0.4, -0.2) is 44.7 Å². The average Bonchev–Trinajstić information content (AvgIpc) is 2.82. The Labute approximate surface area is 107 Å². The van der Waals surface area contributed by atoms with E-state index in [9.17, 15) is 4.79 Å². The van der Waals surface area contributed by atoms with Gasteiger partial charge in [0.05, 0.1) is 12.6 Å². The molecule has 6 heteroatoms. The van der Waals surface area contributed by atoms with Crippen molar-refractivity contribution in [1.82, 2.24) is 25.0 Å². The van der Waals surface area contributed by atoms with Crippen LogP contribution in [0.1, 0.15) is 32.0 Å². The number of likely N-dealkylation sites (tertiary alicyclic amines) is 1. The van der Waals surface area contributed by atoms with E-state index in [-0.39, 0.29) is 11.9 Å². The topological polar surface area (TPSA) is 63.1 Å². The maximum atomic E-state index is 12.1. The van der Waals surface area contributed by atoms with Crippen molar-refractivity contribution in [3.8, 4) is 0 Å². The maximum absolute atomic E-state index is 12.1. The van der Waals surface area contributed by atoms with Crippen molar-refractivity contribution in [3.63, 3.8) is 0 Å². The Morgan fingerprint density at radius 1 is 1.44 bits per heavy atom. The predicted molar refractivity (Wildman–Crippen MR) is 67.7 cm³/mol. The molecule has 1 aromatic heterocycles. The normalized spacial score (nSPS) is 17.8. The van der Waals surface area contributed by atoms with E-state index in [4.69, 9.17) is 0 Å².